The van der Waals surface area contributed by atoms with Crippen LogP contribution in [-0.4, -0.2) is 70.9 Å². The minimum Gasteiger partial charge on any atom is -0.504 e. The standard InChI is InChI=1S/C30H37N3O6/c1-38-26-16-19(10-11-25(26)34)28-22-8-5-6-12-30(22,37)13-14-33(28)18-27(35)32-24(29(36)39-2)15-20-17-31-23-9-4-3-7-21(20)23/h3-4,7,9-11,16-17,22,24,28,31,34,37H,5-6,8,12-15,18H2,1-2H3,(H,32,35)/t22-,24+,28-,30-/m0/s1. The van der Waals surface area contributed by atoms with Crippen LogP contribution in [0.15, 0.2) is 48.7 Å². The van der Waals surface area contributed by atoms with Crippen molar-refractivity contribution < 1.29 is 29.3 Å². The summed E-state index contributed by atoms with van der Waals surface area (Å²) < 4.78 is 10.4. The molecule has 39 heavy (non-hydrogen) atoms. The highest BCUT2D eigenvalue weighted by molar-refractivity contribution is 5.88. The first-order valence-electron chi connectivity index (χ1n) is 13.6. The second-order valence-corrected chi connectivity index (χ2v) is 10.8. The molecule has 4 atom stereocenters. The molecule has 0 bridgehead atoms. The summed E-state index contributed by atoms with van der Waals surface area (Å²) in [5.74, 6) is -0.467. The number of aromatic amines is 1. The van der Waals surface area contributed by atoms with E-state index < -0.39 is 17.6 Å². The number of nitrogens with one attached hydrogen (secondary N) is 2. The van der Waals surface area contributed by atoms with E-state index in [2.05, 4.69) is 15.2 Å². The molecule has 2 fully saturated rings. The Morgan fingerprint density at radius 2 is 2.00 bits per heavy atom. The predicted molar refractivity (Wildman–Crippen MR) is 146 cm³/mol. The second-order valence-electron chi connectivity index (χ2n) is 10.8. The lowest BCUT2D eigenvalue weighted by Gasteiger charge is -2.52. The fourth-order valence-electron chi connectivity index (χ4n) is 6.52. The quantitative estimate of drug-likeness (QED) is 0.326. The number of benzene rings is 2. The second kappa shape index (κ2) is 11.3. The summed E-state index contributed by atoms with van der Waals surface area (Å²) in [5.41, 5.74) is 1.96. The number of carbonyl (C=O) groups excluding carboxylic acids is 2. The first-order valence-corrected chi connectivity index (χ1v) is 13.6. The number of methoxy groups -OCH3 is 2. The van der Waals surface area contributed by atoms with Crippen LogP contribution in [-0.2, 0) is 20.7 Å². The third-order valence-corrected chi connectivity index (χ3v) is 8.48. The maximum absolute atomic E-state index is 13.4. The zero-order valence-corrected chi connectivity index (χ0v) is 22.5. The SMILES string of the molecule is COC(=O)[C@@H](Cc1c[nH]c2ccccc12)NC(=O)CN1CC[C@@]2(O)CCCC[C@H]2[C@@H]1c1ccc(O)c(OC)c1. The molecule has 0 spiro atoms. The third-order valence-electron chi connectivity index (χ3n) is 8.48. The molecule has 1 amide bonds. The highest BCUT2D eigenvalue weighted by atomic mass is 16.5. The van der Waals surface area contributed by atoms with E-state index in [1.54, 1.807) is 12.1 Å². The lowest BCUT2D eigenvalue weighted by atomic mass is 9.66. The number of hydrogen-bond donors (Lipinski definition) is 4. The minimum atomic E-state index is -0.842. The maximum atomic E-state index is 13.4. The van der Waals surface area contributed by atoms with Gasteiger partial charge in [-0.25, -0.2) is 4.79 Å². The van der Waals surface area contributed by atoms with Gasteiger partial charge in [0, 0.05) is 42.0 Å². The van der Waals surface area contributed by atoms with Crippen molar-refractivity contribution in [1.82, 2.24) is 15.2 Å². The summed E-state index contributed by atoms with van der Waals surface area (Å²) in [7, 11) is 2.82. The van der Waals surface area contributed by atoms with E-state index in [0.29, 0.717) is 25.1 Å². The molecule has 2 aromatic carbocycles. The van der Waals surface area contributed by atoms with Crippen LogP contribution in [0.2, 0.25) is 0 Å². The number of piperidine rings is 1. The van der Waals surface area contributed by atoms with Crippen molar-refractivity contribution in [3.8, 4) is 11.5 Å². The molecule has 3 aromatic rings. The molecular weight excluding hydrogens is 498 g/mol. The normalized spacial score (nSPS) is 24.1. The Morgan fingerprint density at radius 3 is 2.79 bits per heavy atom. The monoisotopic (exact) mass is 535 g/mol. The molecule has 208 valence electrons. The van der Waals surface area contributed by atoms with Gasteiger partial charge in [-0.05, 0) is 48.6 Å². The zero-order chi connectivity index (χ0) is 27.6. The van der Waals surface area contributed by atoms with Crippen LogP contribution in [0.25, 0.3) is 10.9 Å². The number of carbonyl (C=O) groups is 2. The van der Waals surface area contributed by atoms with E-state index >= 15 is 0 Å². The number of nitrogens with zero attached hydrogens (tertiary/aromatic N) is 1. The molecule has 2 aliphatic rings. The van der Waals surface area contributed by atoms with Gasteiger partial charge in [0.1, 0.15) is 6.04 Å². The van der Waals surface area contributed by atoms with Gasteiger partial charge < -0.3 is 30.0 Å². The van der Waals surface area contributed by atoms with Crippen LogP contribution in [0.4, 0.5) is 0 Å². The van der Waals surface area contributed by atoms with Gasteiger partial charge in [-0.15, -0.1) is 0 Å². The molecule has 2 heterocycles. The number of fused-ring (bicyclic) bond motifs is 2. The van der Waals surface area contributed by atoms with Crippen molar-refractivity contribution >= 4 is 22.8 Å². The zero-order valence-electron chi connectivity index (χ0n) is 22.5. The number of amides is 1. The van der Waals surface area contributed by atoms with Gasteiger partial charge in [-0.3, -0.25) is 9.69 Å². The van der Waals surface area contributed by atoms with Crippen molar-refractivity contribution in [1.29, 1.82) is 0 Å². The van der Waals surface area contributed by atoms with Gasteiger partial charge in [0.15, 0.2) is 11.5 Å². The minimum absolute atomic E-state index is 0.0402. The molecule has 1 saturated heterocycles. The topological polar surface area (TPSA) is 124 Å². The molecule has 9 nitrogen and oxygen atoms in total. The summed E-state index contributed by atoms with van der Waals surface area (Å²) in [6.45, 7) is 0.585. The van der Waals surface area contributed by atoms with Crippen LogP contribution >= 0.6 is 0 Å². The van der Waals surface area contributed by atoms with E-state index in [9.17, 15) is 19.8 Å². The fraction of sp³-hybridized carbons (Fsp3) is 0.467. The molecule has 9 heteroatoms. The van der Waals surface area contributed by atoms with Crippen LogP contribution < -0.4 is 10.1 Å². The molecule has 0 radical (unpaired) electrons. The molecule has 1 saturated carbocycles. The molecule has 1 aliphatic heterocycles. The van der Waals surface area contributed by atoms with Crippen LogP contribution in [0.5, 0.6) is 11.5 Å². The Bertz CT molecular complexity index is 1340. The Labute approximate surface area is 228 Å². The van der Waals surface area contributed by atoms with Crippen molar-refractivity contribution in [2.75, 3.05) is 27.3 Å². The largest absolute Gasteiger partial charge is 0.504 e. The maximum Gasteiger partial charge on any atom is 0.328 e. The lowest BCUT2D eigenvalue weighted by Crippen LogP contribution is -2.57. The number of aliphatic hydroxyl groups is 1. The number of aromatic hydroxyl groups is 1. The number of hydrogen-bond acceptors (Lipinski definition) is 7. The van der Waals surface area contributed by atoms with Crippen LogP contribution in [0.3, 0.4) is 0 Å². The Hall–Kier alpha value is -3.56. The number of esters is 1. The van der Waals surface area contributed by atoms with Gasteiger partial charge in [0.05, 0.1) is 26.4 Å². The number of H-pyrrole nitrogens is 1. The lowest BCUT2D eigenvalue weighted by molar-refractivity contribution is -0.146. The van der Waals surface area contributed by atoms with Crippen molar-refractivity contribution in [3.63, 3.8) is 0 Å². The highest BCUT2D eigenvalue weighted by Crippen LogP contribution is 2.50. The molecule has 1 aromatic heterocycles. The Kier molecular flexibility index (Phi) is 7.81. The number of rotatable bonds is 8. The van der Waals surface area contributed by atoms with Gasteiger partial charge >= 0.3 is 5.97 Å². The summed E-state index contributed by atoms with van der Waals surface area (Å²) in [6, 6.07) is 12.0. The van der Waals surface area contributed by atoms with Crippen molar-refractivity contribution in [2.24, 2.45) is 5.92 Å². The number of phenolic OH excluding ortho intramolecular Hbond substituents is 1. The van der Waals surface area contributed by atoms with Crippen LogP contribution in [0, 0.1) is 5.92 Å². The fourth-order valence-corrected chi connectivity index (χ4v) is 6.52. The first kappa shape index (κ1) is 27.0. The van der Waals surface area contributed by atoms with Crippen molar-refractivity contribution in [3.05, 3.63) is 59.8 Å². The third kappa shape index (κ3) is 5.46. The van der Waals surface area contributed by atoms with E-state index in [4.69, 9.17) is 9.47 Å². The summed E-state index contributed by atoms with van der Waals surface area (Å²) in [6.07, 6.45) is 6.29. The first-order chi connectivity index (χ1) is 18.8. The highest BCUT2D eigenvalue weighted by Gasteiger charge is 2.49. The molecule has 0 unspecified atom stereocenters. The summed E-state index contributed by atoms with van der Waals surface area (Å²) >= 11 is 0. The Morgan fingerprint density at radius 1 is 1.18 bits per heavy atom. The molecule has 4 N–H and O–H groups in total. The van der Waals surface area contributed by atoms with Gasteiger partial charge in [-0.2, -0.15) is 0 Å². The van der Waals surface area contributed by atoms with Gasteiger partial charge in [0.25, 0.3) is 0 Å². The van der Waals surface area contributed by atoms with Gasteiger partial charge in [0.2, 0.25) is 5.91 Å². The molecule has 5 rings (SSSR count). The number of ether oxygens (including phenoxy) is 2. The van der Waals surface area contributed by atoms with Gasteiger partial charge in [-0.1, -0.05) is 37.1 Å². The van der Waals surface area contributed by atoms with E-state index in [1.807, 2.05) is 36.5 Å². The molecule has 1 aliphatic carbocycles. The van der Waals surface area contributed by atoms with Crippen molar-refractivity contribution in [2.45, 2.75) is 56.2 Å². The smallest absolute Gasteiger partial charge is 0.328 e. The predicted octanol–water partition coefficient (Wildman–Crippen LogP) is 3.45. The number of aromatic nitrogens is 1. The number of phenols is 1. The summed E-state index contributed by atoms with van der Waals surface area (Å²) in [5, 5.41) is 25.6. The Balaban J connectivity index is 1.38. The average molecular weight is 536 g/mol. The average Bonchev–Trinajstić information content (AvgIpc) is 3.35. The summed E-state index contributed by atoms with van der Waals surface area (Å²) in [4.78, 5) is 31.4. The van der Waals surface area contributed by atoms with Crippen LogP contribution in [0.1, 0.15) is 49.3 Å². The van der Waals surface area contributed by atoms with E-state index in [-0.39, 0.29) is 30.2 Å². The van der Waals surface area contributed by atoms with E-state index in [0.717, 1.165) is 47.7 Å². The number of likely N-dealkylation sites (tertiary alicyclic amines) is 1. The number of para-hydroxylation sites is 1. The molecular formula is C30H37N3O6. The van der Waals surface area contributed by atoms with E-state index in [1.165, 1.54) is 14.2 Å².